The summed E-state index contributed by atoms with van der Waals surface area (Å²) in [5.41, 5.74) is 0.781. The SMILES string of the molecule is CC1CC(Nc2cc(Cl)nnc2Cl)C1. The summed E-state index contributed by atoms with van der Waals surface area (Å²) in [6.07, 6.45) is 2.35. The van der Waals surface area contributed by atoms with E-state index >= 15 is 0 Å². The van der Waals surface area contributed by atoms with Crippen molar-refractivity contribution >= 4 is 28.9 Å². The van der Waals surface area contributed by atoms with Gasteiger partial charge in [0.25, 0.3) is 0 Å². The largest absolute Gasteiger partial charge is 0.380 e. The maximum absolute atomic E-state index is 5.86. The zero-order chi connectivity index (χ0) is 10.1. The molecule has 0 radical (unpaired) electrons. The first kappa shape index (κ1) is 9.99. The summed E-state index contributed by atoms with van der Waals surface area (Å²) >= 11 is 11.6. The quantitative estimate of drug-likeness (QED) is 0.851. The Morgan fingerprint density at radius 3 is 2.71 bits per heavy atom. The molecular weight excluding hydrogens is 221 g/mol. The molecule has 0 aromatic carbocycles. The molecule has 1 saturated carbocycles. The van der Waals surface area contributed by atoms with Crippen molar-refractivity contribution in [1.29, 1.82) is 0 Å². The Kier molecular flexibility index (Phi) is 2.79. The van der Waals surface area contributed by atoms with Gasteiger partial charge in [0.1, 0.15) is 0 Å². The highest BCUT2D eigenvalue weighted by molar-refractivity contribution is 6.33. The lowest BCUT2D eigenvalue weighted by Crippen LogP contribution is -2.33. The zero-order valence-corrected chi connectivity index (χ0v) is 9.31. The normalized spacial score (nSPS) is 25.6. The lowest BCUT2D eigenvalue weighted by molar-refractivity contribution is 0.309. The first-order valence-electron chi connectivity index (χ1n) is 4.60. The van der Waals surface area contributed by atoms with Gasteiger partial charge in [-0.2, -0.15) is 0 Å². The van der Waals surface area contributed by atoms with Gasteiger partial charge in [-0.05, 0) is 18.8 Å². The third kappa shape index (κ3) is 2.10. The first-order valence-corrected chi connectivity index (χ1v) is 5.36. The van der Waals surface area contributed by atoms with Gasteiger partial charge < -0.3 is 5.32 Å². The van der Waals surface area contributed by atoms with Crippen LogP contribution in [0.15, 0.2) is 6.07 Å². The highest BCUT2D eigenvalue weighted by Crippen LogP contribution is 2.31. The van der Waals surface area contributed by atoms with Gasteiger partial charge in [-0.1, -0.05) is 30.1 Å². The summed E-state index contributed by atoms with van der Waals surface area (Å²) in [7, 11) is 0. The van der Waals surface area contributed by atoms with Crippen molar-refractivity contribution in [3.05, 3.63) is 16.4 Å². The van der Waals surface area contributed by atoms with E-state index in [9.17, 15) is 0 Å². The van der Waals surface area contributed by atoms with Gasteiger partial charge in [-0.25, -0.2) is 0 Å². The number of rotatable bonds is 2. The van der Waals surface area contributed by atoms with Crippen LogP contribution >= 0.6 is 23.2 Å². The molecule has 0 atom stereocenters. The van der Waals surface area contributed by atoms with Crippen molar-refractivity contribution < 1.29 is 0 Å². The van der Waals surface area contributed by atoms with Crippen LogP contribution in [0.2, 0.25) is 10.3 Å². The van der Waals surface area contributed by atoms with Gasteiger partial charge >= 0.3 is 0 Å². The van der Waals surface area contributed by atoms with E-state index in [1.807, 2.05) is 0 Å². The van der Waals surface area contributed by atoms with Crippen molar-refractivity contribution in [3.63, 3.8) is 0 Å². The van der Waals surface area contributed by atoms with Gasteiger partial charge in [0.15, 0.2) is 10.3 Å². The van der Waals surface area contributed by atoms with E-state index in [0.717, 1.165) is 11.6 Å². The minimum atomic E-state index is 0.365. The molecule has 0 unspecified atom stereocenters. The Hall–Kier alpha value is -0.540. The summed E-state index contributed by atoms with van der Waals surface area (Å²) in [5, 5.41) is 11.4. The highest BCUT2D eigenvalue weighted by Gasteiger charge is 2.25. The molecule has 1 aromatic rings. The minimum Gasteiger partial charge on any atom is -0.380 e. The molecular formula is C9H11Cl2N3. The number of nitrogens with zero attached hydrogens (tertiary/aromatic N) is 2. The maximum Gasteiger partial charge on any atom is 0.174 e. The fourth-order valence-electron chi connectivity index (χ4n) is 1.69. The molecule has 1 aliphatic carbocycles. The van der Waals surface area contributed by atoms with E-state index in [1.165, 1.54) is 12.8 Å². The van der Waals surface area contributed by atoms with Crippen LogP contribution in [0, 0.1) is 5.92 Å². The van der Waals surface area contributed by atoms with E-state index in [0.29, 0.717) is 16.3 Å². The van der Waals surface area contributed by atoms with Crippen molar-refractivity contribution in [2.24, 2.45) is 5.92 Å². The molecule has 0 aliphatic heterocycles. The molecule has 5 heteroatoms. The minimum absolute atomic E-state index is 0.365. The van der Waals surface area contributed by atoms with Gasteiger partial charge in [0, 0.05) is 12.1 Å². The molecule has 1 N–H and O–H groups in total. The lowest BCUT2D eigenvalue weighted by atomic mass is 9.82. The average Bonchev–Trinajstić information content (AvgIpc) is 2.09. The Labute approximate surface area is 92.8 Å². The van der Waals surface area contributed by atoms with Crippen molar-refractivity contribution in [1.82, 2.24) is 10.2 Å². The van der Waals surface area contributed by atoms with Crippen LogP contribution in [0.25, 0.3) is 0 Å². The van der Waals surface area contributed by atoms with Crippen molar-refractivity contribution in [3.8, 4) is 0 Å². The molecule has 1 aromatic heterocycles. The van der Waals surface area contributed by atoms with Crippen LogP contribution in [-0.2, 0) is 0 Å². The number of hydrogen-bond acceptors (Lipinski definition) is 3. The molecule has 2 rings (SSSR count). The number of hydrogen-bond donors (Lipinski definition) is 1. The second kappa shape index (κ2) is 3.91. The summed E-state index contributed by atoms with van der Waals surface area (Å²) in [5.74, 6) is 0.802. The number of anilines is 1. The number of nitrogens with one attached hydrogen (secondary N) is 1. The molecule has 1 fully saturated rings. The predicted octanol–water partition coefficient (Wildman–Crippen LogP) is 2.99. The lowest BCUT2D eigenvalue weighted by Gasteiger charge is -2.34. The topological polar surface area (TPSA) is 37.8 Å². The van der Waals surface area contributed by atoms with Crippen LogP contribution in [0.1, 0.15) is 19.8 Å². The van der Waals surface area contributed by atoms with E-state index in [-0.39, 0.29) is 0 Å². The fraction of sp³-hybridized carbons (Fsp3) is 0.556. The van der Waals surface area contributed by atoms with Crippen LogP contribution in [0.4, 0.5) is 5.69 Å². The molecule has 0 amide bonds. The summed E-state index contributed by atoms with van der Waals surface area (Å²) in [6.45, 7) is 2.23. The Bertz CT molecular complexity index is 337. The number of halogens is 2. The Balaban J connectivity index is 2.05. The summed E-state index contributed by atoms with van der Waals surface area (Å²) in [4.78, 5) is 0. The third-order valence-corrected chi connectivity index (χ3v) is 2.92. The molecule has 76 valence electrons. The molecule has 3 nitrogen and oxygen atoms in total. The van der Waals surface area contributed by atoms with E-state index < -0.39 is 0 Å². The van der Waals surface area contributed by atoms with Gasteiger partial charge in [0.2, 0.25) is 0 Å². The molecule has 0 bridgehead atoms. The van der Waals surface area contributed by atoms with E-state index in [2.05, 4.69) is 22.4 Å². The molecule has 0 spiro atoms. The third-order valence-electron chi connectivity index (χ3n) is 2.45. The summed E-state index contributed by atoms with van der Waals surface area (Å²) in [6, 6.07) is 2.21. The average molecular weight is 232 g/mol. The second-order valence-electron chi connectivity index (χ2n) is 3.79. The van der Waals surface area contributed by atoms with Crippen molar-refractivity contribution in [2.45, 2.75) is 25.8 Å². The molecule has 0 saturated heterocycles. The fourth-order valence-corrected chi connectivity index (χ4v) is 1.99. The Morgan fingerprint density at radius 2 is 2.07 bits per heavy atom. The van der Waals surface area contributed by atoms with E-state index in [1.54, 1.807) is 6.07 Å². The monoisotopic (exact) mass is 231 g/mol. The highest BCUT2D eigenvalue weighted by atomic mass is 35.5. The van der Waals surface area contributed by atoms with Crippen LogP contribution in [-0.4, -0.2) is 16.2 Å². The zero-order valence-electron chi connectivity index (χ0n) is 7.80. The van der Waals surface area contributed by atoms with Gasteiger partial charge in [0.05, 0.1) is 5.69 Å². The molecule has 1 heterocycles. The van der Waals surface area contributed by atoms with Crippen LogP contribution in [0.3, 0.4) is 0 Å². The van der Waals surface area contributed by atoms with E-state index in [4.69, 9.17) is 23.2 Å². The van der Waals surface area contributed by atoms with Crippen LogP contribution in [0.5, 0.6) is 0 Å². The van der Waals surface area contributed by atoms with Crippen LogP contribution < -0.4 is 5.32 Å². The van der Waals surface area contributed by atoms with Gasteiger partial charge in [-0.15, -0.1) is 10.2 Å². The van der Waals surface area contributed by atoms with Gasteiger partial charge in [-0.3, -0.25) is 0 Å². The second-order valence-corrected chi connectivity index (χ2v) is 4.53. The molecule has 1 aliphatic rings. The maximum atomic E-state index is 5.86. The Morgan fingerprint density at radius 1 is 1.36 bits per heavy atom. The smallest absolute Gasteiger partial charge is 0.174 e. The summed E-state index contributed by atoms with van der Waals surface area (Å²) < 4.78 is 0. The van der Waals surface area contributed by atoms with Crippen molar-refractivity contribution in [2.75, 3.05) is 5.32 Å². The first-order chi connectivity index (χ1) is 6.65. The standard InChI is InChI=1S/C9H11Cl2N3/c1-5-2-6(3-5)12-7-4-8(10)13-14-9(7)11/h4-6H,2-3H2,1H3,(H,12,13). The molecule has 14 heavy (non-hydrogen) atoms. The number of aromatic nitrogens is 2. The predicted molar refractivity (Wildman–Crippen MR) is 57.9 cm³/mol.